The Hall–Kier alpha value is -0.990. The van der Waals surface area contributed by atoms with Crippen molar-refractivity contribution in [2.24, 2.45) is 0 Å². The van der Waals surface area contributed by atoms with Gasteiger partial charge in [0.2, 0.25) is 0 Å². The second-order valence-corrected chi connectivity index (χ2v) is 6.32. The minimum atomic E-state index is 0.614. The fraction of sp³-hybridized carbons (Fsp3) is 0.250. The molecule has 19 heavy (non-hydrogen) atoms. The fourth-order valence-corrected chi connectivity index (χ4v) is 3.32. The first kappa shape index (κ1) is 13.0. The Balaban J connectivity index is 1.70. The van der Waals surface area contributed by atoms with E-state index in [2.05, 4.69) is 51.6 Å². The van der Waals surface area contributed by atoms with E-state index in [0.29, 0.717) is 5.92 Å². The number of fused-ring (bicyclic) bond motifs is 1. The van der Waals surface area contributed by atoms with Crippen molar-refractivity contribution < 1.29 is 0 Å². The van der Waals surface area contributed by atoms with E-state index in [1.54, 1.807) is 0 Å². The van der Waals surface area contributed by atoms with E-state index in [4.69, 9.17) is 11.6 Å². The Morgan fingerprint density at radius 1 is 1.32 bits per heavy atom. The van der Waals surface area contributed by atoms with Gasteiger partial charge >= 0.3 is 0 Å². The van der Waals surface area contributed by atoms with Gasteiger partial charge in [0.1, 0.15) is 0 Å². The van der Waals surface area contributed by atoms with E-state index in [0.717, 1.165) is 27.3 Å². The van der Waals surface area contributed by atoms with Crippen molar-refractivity contribution in [3.8, 4) is 0 Å². The molecule has 1 atom stereocenters. The van der Waals surface area contributed by atoms with Crippen LogP contribution in [-0.2, 0) is 6.42 Å². The van der Waals surface area contributed by atoms with Gasteiger partial charge in [0.25, 0.3) is 0 Å². The number of halogens is 2. The van der Waals surface area contributed by atoms with Crippen LogP contribution in [0, 0.1) is 6.92 Å². The Bertz CT molecular complexity index is 624. The van der Waals surface area contributed by atoms with Crippen molar-refractivity contribution in [3.63, 3.8) is 0 Å². The molecular weight excluding hydrogens is 322 g/mol. The van der Waals surface area contributed by atoms with Crippen molar-refractivity contribution in [1.82, 2.24) is 0 Å². The van der Waals surface area contributed by atoms with Crippen LogP contribution < -0.4 is 5.32 Å². The Morgan fingerprint density at radius 2 is 2.11 bits per heavy atom. The first-order valence-corrected chi connectivity index (χ1v) is 7.59. The summed E-state index contributed by atoms with van der Waals surface area (Å²) >= 11 is 9.75. The number of hydrogen-bond donors (Lipinski definition) is 1. The summed E-state index contributed by atoms with van der Waals surface area (Å²) in [7, 11) is 0. The summed E-state index contributed by atoms with van der Waals surface area (Å²) in [6.07, 6.45) is 1.17. The molecule has 3 rings (SSSR count). The molecule has 2 aromatic carbocycles. The summed E-state index contributed by atoms with van der Waals surface area (Å²) in [5.41, 5.74) is 5.12. The monoisotopic (exact) mass is 335 g/mol. The third-order valence-electron chi connectivity index (χ3n) is 3.75. The summed E-state index contributed by atoms with van der Waals surface area (Å²) in [4.78, 5) is 0. The highest BCUT2D eigenvalue weighted by atomic mass is 79.9. The van der Waals surface area contributed by atoms with Gasteiger partial charge in [0, 0.05) is 27.6 Å². The molecule has 0 heterocycles. The summed E-state index contributed by atoms with van der Waals surface area (Å²) in [6.45, 7) is 2.97. The van der Waals surface area contributed by atoms with Crippen molar-refractivity contribution >= 4 is 33.2 Å². The Morgan fingerprint density at radius 3 is 2.89 bits per heavy atom. The van der Waals surface area contributed by atoms with Crippen molar-refractivity contribution in [1.29, 1.82) is 0 Å². The third kappa shape index (κ3) is 2.52. The highest BCUT2D eigenvalue weighted by Gasteiger charge is 2.25. The zero-order valence-electron chi connectivity index (χ0n) is 10.7. The molecule has 0 saturated carbocycles. The van der Waals surface area contributed by atoms with E-state index in [-0.39, 0.29) is 0 Å². The lowest BCUT2D eigenvalue weighted by Crippen LogP contribution is -2.24. The van der Waals surface area contributed by atoms with E-state index in [1.165, 1.54) is 17.5 Å². The number of benzene rings is 2. The van der Waals surface area contributed by atoms with E-state index < -0.39 is 0 Å². The third-order valence-corrected chi connectivity index (χ3v) is 4.81. The minimum absolute atomic E-state index is 0.614. The van der Waals surface area contributed by atoms with Gasteiger partial charge in [-0.25, -0.2) is 0 Å². The number of anilines is 1. The molecule has 98 valence electrons. The van der Waals surface area contributed by atoms with Crippen molar-refractivity contribution in [2.75, 3.05) is 11.9 Å². The van der Waals surface area contributed by atoms with Gasteiger partial charge in [-0.05, 0) is 58.1 Å². The minimum Gasteiger partial charge on any atom is -0.383 e. The molecule has 1 nitrogen and oxygen atoms in total. The smallest absolute Gasteiger partial charge is 0.0499 e. The van der Waals surface area contributed by atoms with Crippen molar-refractivity contribution in [3.05, 3.63) is 62.6 Å². The normalized spacial score (nSPS) is 16.7. The number of hydrogen-bond acceptors (Lipinski definition) is 1. The molecule has 0 saturated heterocycles. The number of aryl methyl sites for hydroxylation is 1. The van der Waals surface area contributed by atoms with Crippen LogP contribution in [0.3, 0.4) is 0 Å². The van der Waals surface area contributed by atoms with E-state index in [9.17, 15) is 0 Å². The molecule has 0 aliphatic heterocycles. The molecule has 1 unspecified atom stereocenters. The van der Waals surface area contributed by atoms with Crippen LogP contribution >= 0.6 is 27.5 Å². The average molecular weight is 337 g/mol. The van der Waals surface area contributed by atoms with Gasteiger partial charge in [-0.15, -0.1) is 0 Å². The summed E-state index contributed by atoms with van der Waals surface area (Å²) in [5.74, 6) is 0.614. The highest BCUT2D eigenvalue weighted by Crippen LogP contribution is 2.36. The fourth-order valence-electron chi connectivity index (χ4n) is 2.56. The molecule has 1 aliphatic carbocycles. The van der Waals surface area contributed by atoms with E-state index in [1.807, 2.05) is 13.0 Å². The Kier molecular flexibility index (Phi) is 3.55. The zero-order chi connectivity index (χ0) is 13.4. The van der Waals surface area contributed by atoms with Crippen LogP contribution in [0.1, 0.15) is 22.6 Å². The highest BCUT2D eigenvalue weighted by molar-refractivity contribution is 9.10. The average Bonchev–Trinajstić information content (AvgIpc) is 2.36. The van der Waals surface area contributed by atoms with Crippen LogP contribution in [0.5, 0.6) is 0 Å². The molecule has 0 fully saturated rings. The number of rotatable bonds is 3. The molecule has 0 radical (unpaired) electrons. The molecule has 0 aromatic heterocycles. The van der Waals surface area contributed by atoms with Gasteiger partial charge in [-0.2, -0.15) is 0 Å². The first-order valence-electron chi connectivity index (χ1n) is 6.42. The predicted octanol–water partition coefficient (Wildman–Crippen LogP) is 5.16. The molecule has 0 amide bonds. The maximum absolute atomic E-state index is 6.17. The van der Waals surface area contributed by atoms with Crippen LogP contribution in [0.2, 0.25) is 5.02 Å². The SMILES string of the molecule is Cc1cc(Br)c(NCC2Cc3ccccc32)cc1Cl. The molecule has 1 aliphatic rings. The second kappa shape index (κ2) is 5.18. The first-order chi connectivity index (χ1) is 9.15. The molecular formula is C16H15BrClN. The quantitative estimate of drug-likeness (QED) is 0.816. The lowest BCUT2D eigenvalue weighted by atomic mass is 9.77. The maximum atomic E-state index is 6.17. The summed E-state index contributed by atoms with van der Waals surface area (Å²) in [6, 6.07) is 12.7. The molecule has 3 heteroatoms. The lowest BCUT2D eigenvalue weighted by molar-refractivity contribution is 0.635. The second-order valence-electron chi connectivity index (χ2n) is 5.06. The van der Waals surface area contributed by atoms with Crippen LogP contribution in [0.25, 0.3) is 0 Å². The molecule has 2 aromatic rings. The number of nitrogens with one attached hydrogen (secondary N) is 1. The van der Waals surface area contributed by atoms with Gasteiger partial charge in [-0.1, -0.05) is 35.9 Å². The molecule has 0 bridgehead atoms. The standard InChI is InChI=1S/C16H15BrClN/c1-10-6-14(17)16(8-15(10)18)19-9-12-7-11-4-2-3-5-13(11)12/h2-6,8,12,19H,7,9H2,1H3. The summed E-state index contributed by atoms with van der Waals surface area (Å²) < 4.78 is 1.07. The van der Waals surface area contributed by atoms with Gasteiger partial charge in [-0.3, -0.25) is 0 Å². The van der Waals surface area contributed by atoms with Gasteiger partial charge < -0.3 is 5.32 Å². The largest absolute Gasteiger partial charge is 0.383 e. The molecule has 0 spiro atoms. The van der Waals surface area contributed by atoms with Crippen LogP contribution in [0.4, 0.5) is 5.69 Å². The maximum Gasteiger partial charge on any atom is 0.0499 e. The van der Waals surface area contributed by atoms with Crippen LogP contribution in [0.15, 0.2) is 40.9 Å². The lowest BCUT2D eigenvalue weighted by Gasteiger charge is -2.30. The molecule has 1 N–H and O–H groups in total. The zero-order valence-corrected chi connectivity index (χ0v) is 13.1. The van der Waals surface area contributed by atoms with E-state index >= 15 is 0 Å². The topological polar surface area (TPSA) is 12.0 Å². The Labute approximate surface area is 127 Å². The van der Waals surface area contributed by atoms with Crippen LogP contribution in [-0.4, -0.2) is 6.54 Å². The summed E-state index contributed by atoms with van der Waals surface area (Å²) in [5, 5.41) is 4.30. The van der Waals surface area contributed by atoms with Gasteiger partial charge in [0.15, 0.2) is 0 Å². The van der Waals surface area contributed by atoms with Crippen molar-refractivity contribution in [2.45, 2.75) is 19.3 Å². The predicted molar refractivity (Wildman–Crippen MR) is 85.3 cm³/mol. The van der Waals surface area contributed by atoms with Gasteiger partial charge in [0.05, 0.1) is 0 Å².